The first-order valence-electron chi connectivity index (χ1n) is 6.47. The minimum Gasteiger partial charge on any atom is -0.390 e. The van der Waals surface area contributed by atoms with Crippen LogP contribution in [0.1, 0.15) is 34.0 Å². The van der Waals surface area contributed by atoms with Gasteiger partial charge < -0.3 is 20.8 Å². The quantitative estimate of drug-likeness (QED) is 0.574. The molecule has 108 valence electrons. The molecule has 0 bridgehead atoms. The summed E-state index contributed by atoms with van der Waals surface area (Å²) in [6.07, 6.45) is -1.86. The third-order valence-corrected chi connectivity index (χ3v) is 3.50. The van der Waals surface area contributed by atoms with Crippen LogP contribution in [-0.4, -0.2) is 41.6 Å². The number of carbonyl (C=O) groups excluding carboxylic acids is 2. The molecule has 1 aliphatic heterocycles. The minimum absolute atomic E-state index is 0.172. The van der Waals surface area contributed by atoms with E-state index >= 15 is 0 Å². The Bertz CT molecular complexity index is 556. The zero-order valence-electron chi connectivity index (χ0n) is 11.4. The van der Waals surface area contributed by atoms with Gasteiger partial charge in [0.15, 0.2) is 0 Å². The third-order valence-electron chi connectivity index (χ3n) is 3.50. The van der Waals surface area contributed by atoms with Gasteiger partial charge in [0.25, 0.3) is 11.7 Å². The molecule has 1 amide bonds. The van der Waals surface area contributed by atoms with Gasteiger partial charge in [0.1, 0.15) is 6.10 Å². The number of aryl methyl sites for hydroxylation is 1. The van der Waals surface area contributed by atoms with Gasteiger partial charge in [-0.1, -0.05) is 6.07 Å². The van der Waals surface area contributed by atoms with Crippen molar-refractivity contribution in [3.8, 4) is 0 Å². The minimum atomic E-state index is -1.20. The van der Waals surface area contributed by atoms with E-state index in [0.29, 0.717) is 29.8 Å². The van der Waals surface area contributed by atoms with Crippen molar-refractivity contribution >= 4 is 17.4 Å². The largest absolute Gasteiger partial charge is 0.390 e. The molecule has 0 aromatic heterocycles. The summed E-state index contributed by atoms with van der Waals surface area (Å²) in [5, 5.41) is 25.6. The lowest BCUT2D eigenvalue weighted by Gasteiger charge is -2.21. The fourth-order valence-corrected chi connectivity index (χ4v) is 2.39. The second kappa shape index (κ2) is 5.70. The van der Waals surface area contributed by atoms with Crippen molar-refractivity contribution in [3.05, 3.63) is 28.8 Å². The molecule has 1 aromatic carbocycles. The number of aliphatic hydroxyl groups excluding tert-OH is 2. The number of Topliss-reactive ketones (excluding diaryl/α,β-unsaturated/α-hetero) is 1. The number of carbonyl (C=O) groups is 2. The van der Waals surface area contributed by atoms with Crippen LogP contribution in [0.5, 0.6) is 0 Å². The number of nitrogens with one attached hydrogen (secondary N) is 2. The molecule has 2 rings (SSSR count). The van der Waals surface area contributed by atoms with Crippen molar-refractivity contribution in [1.82, 2.24) is 5.32 Å². The second-order valence-electron chi connectivity index (χ2n) is 4.91. The lowest BCUT2D eigenvalue weighted by molar-refractivity contribution is -0.112. The molecule has 0 saturated carbocycles. The Hall–Kier alpha value is -1.76. The van der Waals surface area contributed by atoms with Crippen molar-refractivity contribution in [3.63, 3.8) is 0 Å². The van der Waals surface area contributed by atoms with Gasteiger partial charge in [-0.25, -0.2) is 0 Å². The van der Waals surface area contributed by atoms with Gasteiger partial charge in [-0.2, -0.15) is 0 Å². The van der Waals surface area contributed by atoms with Crippen molar-refractivity contribution < 1.29 is 19.8 Å². The van der Waals surface area contributed by atoms with Crippen LogP contribution in [0.4, 0.5) is 5.69 Å². The van der Waals surface area contributed by atoms with E-state index in [-0.39, 0.29) is 5.56 Å². The van der Waals surface area contributed by atoms with E-state index < -0.39 is 23.9 Å². The number of fused-ring (bicyclic) bond motifs is 1. The summed E-state index contributed by atoms with van der Waals surface area (Å²) in [5.74, 6) is -1.37. The number of hydrogen-bond donors (Lipinski definition) is 4. The zero-order chi connectivity index (χ0) is 14.9. The molecular weight excluding hydrogens is 260 g/mol. The lowest BCUT2D eigenvalue weighted by Crippen LogP contribution is -2.25. The van der Waals surface area contributed by atoms with E-state index in [0.717, 1.165) is 0 Å². The monoisotopic (exact) mass is 278 g/mol. The number of rotatable bonds is 5. The van der Waals surface area contributed by atoms with Crippen LogP contribution in [0.2, 0.25) is 0 Å². The molecule has 1 aromatic rings. The number of anilines is 1. The van der Waals surface area contributed by atoms with E-state index in [2.05, 4.69) is 10.6 Å². The summed E-state index contributed by atoms with van der Waals surface area (Å²) in [6, 6.07) is 3.34. The molecule has 4 N–H and O–H groups in total. The molecule has 1 heterocycles. The highest BCUT2D eigenvalue weighted by atomic mass is 16.3. The lowest BCUT2D eigenvalue weighted by atomic mass is 9.91. The van der Waals surface area contributed by atoms with Crippen LogP contribution < -0.4 is 10.6 Å². The maximum absolute atomic E-state index is 11.9. The molecule has 0 aliphatic carbocycles. The van der Waals surface area contributed by atoms with E-state index in [9.17, 15) is 19.8 Å². The van der Waals surface area contributed by atoms with Gasteiger partial charge in [0.05, 0.1) is 17.4 Å². The van der Waals surface area contributed by atoms with Crippen LogP contribution in [0.15, 0.2) is 12.1 Å². The topological polar surface area (TPSA) is 98.7 Å². The van der Waals surface area contributed by atoms with E-state index in [1.807, 2.05) is 0 Å². The molecule has 20 heavy (non-hydrogen) atoms. The van der Waals surface area contributed by atoms with Gasteiger partial charge >= 0.3 is 0 Å². The van der Waals surface area contributed by atoms with E-state index in [4.69, 9.17) is 0 Å². The zero-order valence-corrected chi connectivity index (χ0v) is 11.4. The van der Waals surface area contributed by atoms with Crippen molar-refractivity contribution in [2.75, 3.05) is 18.9 Å². The smallest absolute Gasteiger partial charge is 0.296 e. The SMILES string of the molecule is CNCCC(O)C(O)c1c(C)ccc2c1C(=O)C(=O)N2. The predicted molar refractivity (Wildman–Crippen MR) is 73.6 cm³/mol. The average molecular weight is 278 g/mol. The molecule has 2 unspecified atom stereocenters. The number of benzene rings is 1. The summed E-state index contributed by atoms with van der Waals surface area (Å²) in [7, 11) is 1.75. The summed E-state index contributed by atoms with van der Waals surface area (Å²) in [5.41, 5.74) is 1.56. The highest BCUT2D eigenvalue weighted by Gasteiger charge is 2.35. The summed E-state index contributed by atoms with van der Waals surface area (Å²) < 4.78 is 0. The molecule has 6 nitrogen and oxygen atoms in total. The molecule has 6 heteroatoms. The van der Waals surface area contributed by atoms with Crippen molar-refractivity contribution in [2.24, 2.45) is 0 Å². The number of hydrogen-bond acceptors (Lipinski definition) is 5. The summed E-state index contributed by atoms with van der Waals surface area (Å²) in [6.45, 7) is 2.27. The Kier molecular flexibility index (Phi) is 4.17. The first-order valence-corrected chi connectivity index (χ1v) is 6.47. The van der Waals surface area contributed by atoms with Gasteiger partial charge in [0.2, 0.25) is 0 Å². The summed E-state index contributed by atoms with van der Waals surface area (Å²) in [4.78, 5) is 23.3. The van der Waals surface area contributed by atoms with Gasteiger partial charge in [-0.15, -0.1) is 0 Å². The first kappa shape index (κ1) is 14.6. The van der Waals surface area contributed by atoms with Crippen molar-refractivity contribution in [1.29, 1.82) is 0 Å². The first-order chi connectivity index (χ1) is 9.47. The van der Waals surface area contributed by atoms with Crippen LogP contribution in [-0.2, 0) is 4.79 Å². The molecule has 2 atom stereocenters. The van der Waals surface area contributed by atoms with E-state index in [1.165, 1.54) is 0 Å². The van der Waals surface area contributed by atoms with Gasteiger partial charge in [-0.3, -0.25) is 9.59 Å². The number of amides is 1. The second-order valence-corrected chi connectivity index (χ2v) is 4.91. The number of aliphatic hydroxyl groups is 2. The maximum atomic E-state index is 11.9. The molecule has 0 spiro atoms. The predicted octanol–water partition coefficient (Wildman–Crippen LogP) is 0.134. The molecule has 1 aliphatic rings. The summed E-state index contributed by atoms with van der Waals surface area (Å²) >= 11 is 0. The molecule has 0 fully saturated rings. The normalized spacial score (nSPS) is 16.8. The van der Waals surface area contributed by atoms with Crippen LogP contribution in [0.3, 0.4) is 0 Å². The fraction of sp³-hybridized carbons (Fsp3) is 0.429. The third kappa shape index (κ3) is 2.45. The van der Waals surface area contributed by atoms with Crippen LogP contribution in [0.25, 0.3) is 0 Å². The molecule has 0 saturated heterocycles. The Morgan fingerprint density at radius 3 is 2.65 bits per heavy atom. The standard InChI is InChI=1S/C14H18N2O4/c1-7-3-4-8-11(13(19)14(20)16-8)10(7)12(18)9(17)5-6-15-2/h3-4,9,12,15,17-18H,5-6H2,1-2H3,(H,16,19,20). The highest BCUT2D eigenvalue weighted by Crippen LogP contribution is 2.34. The van der Waals surface area contributed by atoms with Crippen molar-refractivity contribution in [2.45, 2.75) is 25.6 Å². The maximum Gasteiger partial charge on any atom is 0.296 e. The van der Waals surface area contributed by atoms with Gasteiger partial charge in [-0.05, 0) is 44.1 Å². The van der Waals surface area contributed by atoms with Crippen LogP contribution >= 0.6 is 0 Å². The highest BCUT2D eigenvalue weighted by molar-refractivity contribution is 6.52. The Morgan fingerprint density at radius 1 is 1.30 bits per heavy atom. The Morgan fingerprint density at radius 2 is 2.00 bits per heavy atom. The average Bonchev–Trinajstić information content (AvgIpc) is 2.71. The number of ketones is 1. The molecule has 0 radical (unpaired) electrons. The Labute approximate surface area is 116 Å². The van der Waals surface area contributed by atoms with E-state index in [1.54, 1.807) is 26.1 Å². The van der Waals surface area contributed by atoms with Gasteiger partial charge in [0, 0.05) is 0 Å². The van der Waals surface area contributed by atoms with Crippen LogP contribution in [0, 0.1) is 6.92 Å². The fourth-order valence-electron chi connectivity index (χ4n) is 2.39. The Balaban J connectivity index is 2.40. The molecular formula is C14H18N2O4.